The zero-order chi connectivity index (χ0) is 18.2. The molecule has 2 aromatic rings. The van der Waals surface area contributed by atoms with Gasteiger partial charge in [-0.1, -0.05) is 12.1 Å². The maximum absolute atomic E-state index is 12.0. The van der Waals surface area contributed by atoms with Gasteiger partial charge >= 0.3 is 5.97 Å². The predicted molar refractivity (Wildman–Crippen MR) is 92.4 cm³/mol. The number of nitrogens with one attached hydrogen (secondary N) is 1. The molecule has 0 amide bonds. The van der Waals surface area contributed by atoms with Gasteiger partial charge in [-0.05, 0) is 38.1 Å². The molecule has 1 N–H and O–H groups in total. The summed E-state index contributed by atoms with van der Waals surface area (Å²) in [6.45, 7) is 4.53. The molecule has 0 saturated carbocycles. The number of allylic oxidation sites excluding steroid dienone is 3. The van der Waals surface area contributed by atoms with Crippen LogP contribution >= 0.6 is 0 Å². The summed E-state index contributed by atoms with van der Waals surface area (Å²) in [6, 6.07) is 7.50. The Bertz CT molecular complexity index is 849. The summed E-state index contributed by atoms with van der Waals surface area (Å²) in [6.07, 6.45) is 3.21. The zero-order valence-corrected chi connectivity index (χ0v) is 14.4. The second-order valence-corrected chi connectivity index (χ2v) is 5.30. The van der Waals surface area contributed by atoms with Crippen LogP contribution in [0.25, 0.3) is 11.0 Å². The lowest BCUT2D eigenvalue weighted by Crippen LogP contribution is -2.29. The summed E-state index contributed by atoms with van der Waals surface area (Å²) in [7, 11) is 0. The summed E-state index contributed by atoms with van der Waals surface area (Å²) >= 11 is 0. The third-order valence-corrected chi connectivity index (χ3v) is 3.62. The van der Waals surface area contributed by atoms with Crippen molar-refractivity contribution in [2.75, 3.05) is 13.2 Å². The van der Waals surface area contributed by atoms with Crippen LogP contribution in [0.2, 0.25) is 0 Å². The number of carbonyl (C=O) groups is 1. The fourth-order valence-electron chi connectivity index (χ4n) is 2.53. The monoisotopic (exact) mass is 347 g/mol. The predicted octanol–water partition coefficient (Wildman–Crippen LogP) is 2.89. The molecule has 0 atom stereocenters. The van der Waals surface area contributed by atoms with E-state index in [0.29, 0.717) is 31.8 Å². The number of hydrogen-bond donors (Lipinski definition) is 1. The van der Waals surface area contributed by atoms with E-state index in [4.69, 9.17) is 14.9 Å². The maximum atomic E-state index is 12.0. The van der Waals surface area contributed by atoms with Crippen molar-refractivity contribution in [3.8, 4) is 0 Å². The van der Waals surface area contributed by atoms with E-state index in [-0.39, 0.29) is 18.1 Å². The molecule has 134 valence electrons. The molecule has 25 heavy (non-hydrogen) atoms. The Kier molecular flexibility index (Phi) is 6.56. The third kappa shape index (κ3) is 4.59. The molecular formula is C18H22FN3O3. The number of aromatic nitrogens is 2. The average Bonchev–Trinajstić information content (AvgIpc) is 2.86. The average molecular weight is 347 g/mol. The minimum absolute atomic E-state index is 0.0126. The highest BCUT2D eigenvalue weighted by Crippen LogP contribution is 2.13. The van der Waals surface area contributed by atoms with Crippen LogP contribution in [0.1, 0.15) is 13.8 Å². The smallest absolute Gasteiger partial charge is 0.326 e. The number of hydrogen-bond acceptors (Lipinski definition) is 4. The molecule has 2 rings (SSSR count). The van der Waals surface area contributed by atoms with Gasteiger partial charge < -0.3 is 14.0 Å². The molecular weight excluding hydrogens is 325 g/mol. The van der Waals surface area contributed by atoms with Gasteiger partial charge in [-0.2, -0.15) is 0 Å². The van der Waals surface area contributed by atoms with E-state index in [2.05, 4.69) is 0 Å². The van der Waals surface area contributed by atoms with Crippen molar-refractivity contribution in [3.05, 3.63) is 54.1 Å². The van der Waals surface area contributed by atoms with Gasteiger partial charge in [0.05, 0.1) is 36.3 Å². The second kappa shape index (κ2) is 8.86. The standard InChI is InChI=1S/C18H22FN3O3/c1-3-24-17(23)13-22-16-9-5-4-8-15(16)21(18(22)20)11-12-25-14(2)7-6-10-19/h4-10,20H,3,11-13H2,1-2H3/b10-6+,14-7+,20-18?. The Labute approximate surface area is 145 Å². The largest absolute Gasteiger partial charge is 0.496 e. The first kappa shape index (κ1) is 18.5. The fraction of sp³-hybridized carbons (Fsp3) is 0.333. The van der Waals surface area contributed by atoms with Crippen molar-refractivity contribution < 1.29 is 18.7 Å². The molecule has 0 radical (unpaired) electrons. The van der Waals surface area contributed by atoms with Gasteiger partial charge in [0.25, 0.3) is 0 Å². The van der Waals surface area contributed by atoms with Crippen molar-refractivity contribution in [1.82, 2.24) is 9.13 Å². The summed E-state index contributed by atoms with van der Waals surface area (Å²) < 4.78 is 25.9. The Morgan fingerprint density at radius 1 is 1.24 bits per heavy atom. The molecule has 0 aliphatic rings. The van der Waals surface area contributed by atoms with Crippen molar-refractivity contribution in [2.45, 2.75) is 26.9 Å². The summed E-state index contributed by atoms with van der Waals surface area (Å²) in [5.41, 5.74) is 1.82. The lowest BCUT2D eigenvalue weighted by atomic mass is 10.3. The number of rotatable bonds is 8. The number of halogens is 1. The molecule has 1 aromatic carbocycles. The van der Waals surface area contributed by atoms with Crippen LogP contribution in [0.15, 0.2) is 48.5 Å². The molecule has 0 unspecified atom stereocenters. The highest BCUT2D eigenvalue weighted by Gasteiger charge is 2.13. The van der Waals surface area contributed by atoms with Gasteiger partial charge in [-0.15, -0.1) is 0 Å². The highest BCUT2D eigenvalue weighted by molar-refractivity contribution is 5.78. The molecule has 0 fully saturated rings. The fourth-order valence-corrected chi connectivity index (χ4v) is 2.53. The first-order chi connectivity index (χ1) is 12.1. The van der Waals surface area contributed by atoms with Gasteiger partial charge in [-0.3, -0.25) is 14.8 Å². The normalized spacial score (nSPS) is 12.0. The van der Waals surface area contributed by atoms with E-state index in [9.17, 15) is 9.18 Å². The van der Waals surface area contributed by atoms with Gasteiger partial charge in [-0.25, -0.2) is 4.39 Å². The third-order valence-electron chi connectivity index (χ3n) is 3.62. The first-order valence-corrected chi connectivity index (χ1v) is 8.03. The van der Waals surface area contributed by atoms with E-state index in [0.717, 1.165) is 11.0 Å². The summed E-state index contributed by atoms with van der Waals surface area (Å²) in [4.78, 5) is 11.8. The molecule has 1 aromatic heterocycles. The molecule has 0 aliphatic heterocycles. The van der Waals surface area contributed by atoms with Gasteiger partial charge in [0.15, 0.2) is 0 Å². The number of carbonyl (C=O) groups excluding carboxylic acids is 1. The number of esters is 1. The second-order valence-electron chi connectivity index (χ2n) is 5.30. The molecule has 0 saturated heterocycles. The quantitative estimate of drug-likeness (QED) is 0.453. The van der Waals surface area contributed by atoms with E-state index in [1.165, 1.54) is 12.2 Å². The molecule has 0 spiro atoms. The van der Waals surface area contributed by atoms with Crippen LogP contribution in [-0.4, -0.2) is 28.3 Å². The van der Waals surface area contributed by atoms with E-state index in [1.807, 2.05) is 24.3 Å². The number of para-hydroxylation sites is 2. The van der Waals surface area contributed by atoms with Crippen LogP contribution in [0, 0.1) is 5.41 Å². The first-order valence-electron chi connectivity index (χ1n) is 8.03. The number of imidazole rings is 1. The Hall–Kier alpha value is -2.83. The number of fused-ring (bicyclic) bond motifs is 1. The minimum Gasteiger partial charge on any atom is -0.496 e. The van der Waals surface area contributed by atoms with E-state index in [1.54, 1.807) is 23.0 Å². The summed E-state index contributed by atoms with van der Waals surface area (Å²) in [5, 5.41) is 8.38. The van der Waals surface area contributed by atoms with E-state index >= 15 is 0 Å². The lowest BCUT2D eigenvalue weighted by molar-refractivity contribution is -0.143. The van der Waals surface area contributed by atoms with Crippen LogP contribution in [0.3, 0.4) is 0 Å². The molecule has 6 nitrogen and oxygen atoms in total. The SMILES string of the molecule is CCOC(=O)Cn1c(=N)n(CCO/C(C)=C/C=C/F)c2ccccc21. The zero-order valence-electron chi connectivity index (χ0n) is 14.4. The Balaban J connectivity index is 2.24. The molecule has 1 heterocycles. The van der Waals surface area contributed by atoms with Crippen molar-refractivity contribution in [3.63, 3.8) is 0 Å². The van der Waals surface area contributed by atoms with Crippen molar-refractivity contribution in [2.24, 2.45) is 0 Å². The number of ether oxygens (including phenoxy) is 2. The maximum Gasteiger partial charge on any atom is 0.326 e. The van der Waals surface area contributed by atoms with Crippen molar-refractivity contribution in [1.29, 1.82) is 5.41 Å². The van der Waals surface area contributed by atoms with Crippen LogP contribution in [0.5, 0.6) is 0 Å². The Morgan fingerprint density at radius 3 is 2.56 bits per heavy atom. The van der Waals surface area contributed by atoms with Gasteiger partial charge in [0, 0.05) is 0 Å². The van der Waals surface area contributed by atoms with Gasteiger partial charge in [0.2, 0.25) is 5.62 Å². The van der Waals surface area contributed by atoms with Crippen LogP contribution < -0.4 is 5.62 Å². The lowest BCUT2D eigenvalue weighted by Gasteiger charge is -2.07. The van der Waals surface area contributed by atoms with Gasteiger partial charge in [0.1, 0.15) is 13.2 Å². The van der Waals surface area contributed by atoms with Crippen LogP contribution in [0.4, 0.5) is 4.39 Å². The topological polar surface area (TPSA) is 69.2 Å². The molecule has 7 heteroatoms. The van der Waals surface area contributed by atoms with Crippen molar-refractivity contribution >= 4 is 17.0 Å². The van der Waals surface area contributed by atoms with E-state index < -0.39 is 0 Å². The Morgan fingerprint density at radius 2 is 1.92 bits per heavy atom. The molecule has 0 aliphatic carbocycles. The molecule has 0 bridgehead atoms. The van der Waals surface area contributed by atoms with Crippen LogP contribution in [-0.2, 0) is 27.4 Å². The minimum atomic E-state index is -0.378. The highest BCUT2D eigenvalue weighted by atomic mass is 19.1. The number of benzene rings is 1. The summed E-state index contributed by atoms with van der Waals surface area (Å²) in [5.74, 6) is 0.202. The number of nitrogens with zero attached hydrogens (tertiary/aromatic N) is 2.